The normalized spacial score (nSPS) is 13.8. The van der Waals surface area contributed by atoms with Crippen LogP contribution in [0.1, 0.15) is 20.8 Å². The van der Waals surface area contributed by atoms with Crippen molar-refractivity contribution < 1.29 is 9.59 Å². The summed E-state index contributed by atoms with van der Waals surface area (Å²) in [7, 11) is 0. The van der Waals surface area contributed by atoms with Gasteiger partial charge in [-0.2, -0.15) is 12.6 Å². The molecular formula is C7H14N2O2S. The van der Waals surface area contributed by atoms with Crippen LogP contribution in [0.5, 0.6) is 0 Å². The summed E-state index contributed by atoms with van der Waals surface area (Å²) in [5.74, 6) is -0.907. The van der Waals surface area contributed by atoms with Crippen molar-refractivity contribution in [2.24, 2.45) is 5.73 Å². The Morgan fingerprint density at radius 3 is 2.17 bits per heavy atom. The van der Waals surface area contributed by atoms with Crippen LogP contribution >= 0.6 is 12.6 Å². The van der Waals surface area contributed by atoms with Crippen molar-refractivity contribution in [1.82, 2.24) is 5.32 Å². The van der Waals surface area contributed by atoms with Crippen molar-refractivity contribution in [3.05, 3.63) is 0 Å². The molecule has 0 aliphatic heterocycles. The van der Waals surface area contributed by atoms with Gasteiger partial charge in [0.05, 0.1) is 6.04 Å². The van der Waals surface area contributed by atoms with Gasteiger partial charge >= 0.3 is 0 Å². The summed E-state index contributed by atoms with van der Waals surface area (Å²) in [5, 5.41) is 2.10. The predicted molar refractivity (Wildman–Crippen MR) is 49.9 cm³/mol. The third kappa shape index (κ3) is 3.73. The number of carbonyl (C=O) groups excluding carboxylic acids is 2. The molecular weight excluding hydrogens is 176 g/mol. The van der Waals surface area contributed by atoms with E-state index in [-0.39, 0.29) is 0 Å². The lowest BCUT2D eigenvalue weighted by molar-refractivity contribution is -0.130. The summed E-state index contributed by atoms with van der Waals surface area (Å²) in [4.78, 5) is 21.6. The smallest absolute Gasteiger partial charge is 0.244 e. The molecule has 5 heteroatoms. The zero-order valence-corrected chi connectivity index (χ0v) is 8.31. The summed E-state index contributed by atoms with van der Waals surface area (Å²) >= 11 is 4.11. The van der Waals surface area contributed by atoms with Crippen LogP contribution in [0.25, 0.3) is 0 Å². The first-order chi connectivity index (χ1) is 5.25. The first-order valence-corrected chi connectivity index (χ1v) is 3.99. The highest BCUT2D eigenvalue weighted by atomic mass is 32.1. The standard InChI is InChI=1S/C7H14N2O2S/c1-4(10)9-6(11)5(8)7(2,3)12/h5,12H,8H2,1-3H3,(H,9,10,11). The Morgan fingerprint density at radius 2 is 1.92 bits per heavy atom. The summed E-state index contributed by atoms with van der Waals surface area (Å²) in [6.45, 7) is 4.68. The molecule has 0 rings (SSSR count). The summed E-state index contributed by atoms with van der Waals surface area (Å²) < 4.78 is -0.625. The van der Waals surface area contributed by atoms with Crippen LogP contribution in [0.2, 0.25) is 0 Å². The van der Waals surface area contributed by atoms with E-state index in [1.807, 2.05) is 0 Å². The van der Waals surface area contributed by atoms with Crippen molar-refractivity contribution >= 4 is 24.4 Å². The molecule has 0 aliphatic rings. The largest absolute Gasteiger partial charge is 0.319 e. The number of nitrogens with two attached hydrogens (primary N) is 1. The second-order valence-corrected chi connectivity index (χ2v) is 4.33. The van der Waals surface area contributed by atoms with Gasteiger partial charge in [-0.1, -0.05) is 0 Å². The number of thiol groups is 1. The Morgan fingerprint density at radius 1 is 1.50 bits per heavy atom. The Bertz CT molecular complexity index is 198. The molecule has 3 N–H and O–H groups in total. The van der Waals surface area contributed by atoms with Gasteiger partial charge in [-0.3, -0.25) is 14.9 Å². The van der Waals surface area contributed by atoms with Gasteiger partial charge in [0.2, 0.25) is 11.8 Å². The zero-order valence-electron chi connectivity index (χ0n) is 7.42. The monoisotopic (exact) mass is 190 g/mol. The molecule has 0 aromatic heterocycles. The molecule has 12 heavy (non-hydrogen) atoms. The van der Waals surface area contributed by atoms with Gasteiger partial charge in [0, 0.05) is 11.7 Å². The van der Waals surface area contributed by atoms with Gasteiger partial charge < -0.3 is 5.73 Å². The zero-order chi connectivity index (χ0) is 9.94. The van der Waals surface area contributed by atoms with Gasteiger partial charge in [-0.15, -0.1) is 0 Å². The summed E-state index contributed by atoms with van der Waals surface area (Å²) in [5.41, 5.74) is 5.50. The molecule has 0 aromatic rings. The van der Waals surface area contributed by atoms with Gasteiger partial charge in [-0.05, 0) is 13.8 Å². The molecule has 2 amide bonds. The number of imide groups is 1. The van der Waals surface area contributed by atoms with E-state index in [1.54, 1.807) is 13.8 Å². The molecule has 0 heterocycles. The number of hydrogen-bond donors (Lipinski definition) is 3. The van der Waals surface area contributed by atoms with E-state index >= 15 is 0 Å². The Kier molecular flexibility index (Phi) is 3.73. The van der Waals surface area contributed by atoms with Crippen molar-refractivity contribution in [1.29, 1.82) is 0 Å². The van der Waals surface area contributed by atoms with Crippen LogP contribution in [0.15, 0.2) is 0 Å². The van der Waals surface area contributed by atoms with Crippen LogP contribution in [0, 0.1) is 0 Å². The highest BCUT2D eigenvalue weighted by Gasteiger charge is 2.28. The molecule has 0 saturated heterocycles. The molecule has 0 fully saturated rings. The van der Waals surface area contributed by atoms with E-state index in [2.05, 4.69) is 17.9 Å². The van der Waals surface area contributed by atoms with Crippen LogP contribution in [0.3, 0.4) is 0 Å². The highest BCUT2D eigenvalue weighted by molar-refractivity contribution is 7.81. The molecule has 4 nitrogen and oxygen atoms in total. The second kappa shape index (κ2) is 3.91. The molecule has 0 spiro atoms. The van der Waals surface area contributed by atoms with E-state index in [9.17, 15) is 9.59 Å². The molecule has 70 valence electrons. The van der Waals surface area contributed by atoms with Crippen LogP contribution < -0.4 is 11.1 Å². The van der Waals surface area contributed by atoms with Crippen LogP contribution in [-0.4, -0.2) is 22.6 Å². The maximum atomic E-state index is 11.1. The van der Waals surface area contributed by atoms with Gasteiger partial charge in [-0.25, -0.2) is 0 Å². The topological polar surface area (TPSA) is 72.2 Å². The minimum atomic E-state index is -0.787. The fourth-order valence-corrected chi connectivity index (χ4v) is 0.689. The SMILES string of the molecule is CC(=O)NC(=O)C(N)C(C)(C)S. The van der Waals surface area contributed by atoms with Crippen LogP contribution in [0.4, 0.5) is 0 Å². The minimum Gasteiger partial charge on any atom is -0.319 e. The van der Waals surface area contributed by atoms with E-state index in [0.29, 0.717) is 0 Å². The van der Waals surface area contributed by atoms with Crippen LogP contribution in [-0.2, 0) is 9.59 Å². The first kappa shape index (κ1) is 11.4. The lowest BCUT2D eigenvalue weighted by atomic mass is 10.0. The lowest BCUT2D eigenvalue weighted by Gasteiger charge is -2.24. The van der Waals surface area contributed by atoms with Gasteiger partial charge in [0.1, 0.15) is 0 Å². The van der Waals surface area contributed by atoms with Crippen molar-refractivity contribution in [2.45, 2.75) is 31.6 Å². The van der Waals surface area contributed by atoms with Crippen molar-refractivity contribution in [3.8, 4) is 0 Å². The third-order valence-corrected chi connectivity index (χ3v) is 1.62. The minimum absolute atomic E-state index is 0.409. The average molecular weight is 190 g/mol. The quantitative estimate of drug-likeness (QED) is 0.523. The van der Waals surface area contributed by atoms with Gasteiger partial charge in [0.15, 0.2) is 0 Å². The van der Waals surface area contributed by atoms with E-state index in [0.717, 1.165) is 0 Å². The maximum Gasteiger partial charge on any atom is 0.244 e. The number of carbonyl (C=O) groups is 2. The molecule has 0 aliphatic carbocycles. The highest BCUT2D eigenvalue weighted by Crippen LogP contribution is 2.15. The Hall–Kier alpha value is -0.550. The Balaban J connectivity index is 4.21. The average Bonchev–Trinajstić information content (AvgIpc) is 1.82. The number of rotatable bonds is 2. The second-order valence-electron chi connectivity index (χ2n) is 3.18. The molecule has 0 saturated carbocycles. The summed E-state index contributed by atoms with van der Waals surface area (Å²) in [6.07, 6.45) is 0. The van der Waals surface area contributed by atoms with Crippen molar-refractivity contribution in [2.75, 3.05) is 0 Å². The van der Waals surface area contributed by atoms with E-state index in [4.69, 9.17) is 5.73 Å². The number of nitrogens with one attached hydrogen (secondary N) is 1. The van der Waals surface area contributed by atoms with E-state index < -0.39 is 22.6 Å². The maximum absolute atomic E-state index is 11.1. The molecule has 0 aromatic carbocycles. The van der Waals surface area contributed by atoms with E-state index in [1.165, 1.54) is 6.92 Å². The fourth-order valence-electron chi connectivity index (χ4n) is 0.572. The molecule has 0 bridgehead atoms. The molecule has 1 atom stereocenters. The third-order valence-electron chi connectivity index (χ3n) is 1.34. The number of amides is 2. The number of hydrogen-bond acceptors (Lipinski definition) is 4. The Labute approximate surface area is 77.3 Å². The van der Waals surface area contributed by atoms with Crippen molar-refractivity contribution in [3.63, 3.8) is 0 Å². The lowest BCUT2D eigenvalue weighted by Crippen LogP contribution is -2.51. The van der Waals surface area contributed by atoms with Gasteiger partial charge in [0.25, 0.3) is 0 Å². The first-order valence-electron chi connectivity index (χ1n) is 3.54. The molecule has 0 radical (unpaired) electrons. The summed E-state index contributed by atoms with van der Waals surface area (Å²) in [6, 6.07) is -0.787. The fraction of sp³-hybridized carbons (Fsp3) is 0.714. The molecule has 1 unspecified atom stereocenters. The predicted octanol–water partition coefficient (Wildman–Crippen LogP) is -0.315.